The molecule has 5 rings (SSSR count). The van der Waals surface area contributed by atoms with Gasteiger partial charge in [-0.15, -0.1) is 0 Å². The molecular formula is C22H24F3N5O. The number of nitrogens with one attached hydrogen (secondary N) is 1. The van der Waals surface area contributed by atoms with E-state index in [1.165, 1.54) is 0 Å². The van der Waals surface area contributed by atoms with Gasteiger partial charge in [-0.05, 0) is 37.7 Å². The Balaban J connectivity index is 1.53. The first kappa shape index (κ1) is 20.1. The van der Waals surface area contributed by atoms with Gasteiger partial charge < -0.3 is 5.32 Å². The van der Waals surface area contributed by atoms with Crippen LogP contribution < -0.4 is 5.32 Å². The van der Waals surface area contributed by atoms with Crippen molar-refractivity contribution in [2.24, 2.45) is 19.5 Å². The predicted octanol–water partition coefficient (Wildman–Crippen LogP) is 4.91. The number of halogens is 3. The first-order valence-electron chi connectivity index (χ1n) is 10.6. The predicted molar refractivity (Wildman–Crippen MR) is 110 cm³/mol. The lowest BCUT2D eigenvalue weighted by atomic mass is 9.79. The van der Waals surface area contributed by atoms with Gasteiger partial charge in [0.2, 0.25) is 5.91 Å². The number of carbonyl (C=O) groups excluding carboxylic acids is 1. The Morgan fingerprint density at radius 3 is 2.42 bits per heavy atom. The van der Waals surface area contributed by atoms with Crippen LogP contribution in [0.5, 0.6) is 0 Å². The number of nitrogens with zero attached hydrogens (tertiary/aromatic N) is 4. The highest BCUT2D eigenvalue weighted by atomic mass is 19.4. The number of aromatic nitrogens is 4. The van der Waals surface area contributed by atoms with E-state index in [9.17, 15) is 18.0 Å². The van der Waals surface area contributed by atoms with Crippen molar-refractivity contribution in [3.63, 3.8) is 0 Å². The number of benzene rings is 1. The van der Waals surface area contributed by atoms with E-state index < -0.39 is 23.9 Å². The molecule has 1 N–H and O–H groups in total. The van der Waals surface area contributed by atoms with E-state index in [-0.39, 0.29) is 18.8 Å². The first-order valence-corrected chi connectivity index (χ1v) is 10.6. The fourth-order valence-electron chi connectivity index (χ4n) is 4.53. The minimum Gasteiger partial charge on any atom is -0.311 e. The molecule has 2 fully saturated rings. The quantitative estimate of drug-likeness (QED) is 0.624. The Labute approximate surface area is 177 Å². The van der Waals surface area contributed by atoms with Gasteiger partial charge in [0.05, 0.1) is 10.9 Å². The van der Waals surface area contributed by atoms with Crippen LogP contribution in [0.3, 0.4) is 0 Å². The lowest BCUT2D eigenvalue weighted by Gasteiger charge is -2.27. The number of fused-ring (bicyclic) bond motifs is 1. The number of hydrogen-bond donors (Lipinski definition) is 1. The van der Waals surface area contributed by atoms with Crippen molar-refractivity contribution in [1.82, 2.24) is 19.6 Å². The smallest absolute Gasteiger partial charge is 0.311 e. The van der Waals surface area contributed by atoms with Gasteiger partial charge in [0.1, 0.15) is 17.2 Å². The summed E-state index contributed by atoms with van der Waals surface area (Å²) in [6.45, 7) is 0. The molecule has 0 bridgehead atoms. The van der Waals surface area contributed by atoms with Crippen LogP contribution >= 0.6 is 0 Å². The monoisotopic (exact) mass is 431 g/mol. The summed E-state index contributed by atoms with van der Waals surface area (Å²) in [5.41, 5.74) is 1.39. The molecule has 9 heteroatoms. The minimum absolute atomic E-state index is 0.00988. The van der Waals surface area contributed by atoms with Gasteiger partial charge in [-0.2, -0.15) is 23.4 Å². The van der Waals surface area contributed by atoms with E-state index in [1.807, 2.05) is 31.3 Å². The zero-order valence-corrected chi connectivity index (χ0v) is 17.5. The van der Waals surface area contributed by atoms with Crippen molar-refractivity contribution in [1.29, 1.82) is 0 Å². The summed E-state index contributed by atoms with van der Waals surface area (Å²) in [7, 11) is 3.58. The summed E-state index contributed by atoms with van der Waals surface area (Å²) >= 11 is 0. The molecule has 0 spiro atoms. The second kappa shape index (κ2) is 6.83. The number of rotatable bonds is 5. The third kappa shape index (κ3) is 3.21. The van der Waals surface area contributed by atoms with Gasteiger partial charge in [-0.1, -0.05) is 24.6 Å². The molecule has 6 nitrogen and oxygen atoms in total. The van der Waals surface area contributed by atoms with Crippen molar-refractivity contribution >= 4 is 22.6 Å². The fraction of sp³-hybridized carbons (Fsp3) is 0.500. The number of para-hydroxylation sites is 1. The molecule has 2 aliphatic carbocycles. The van der Waals surface area contributed by atoms with Crippen LogP contribution in [0.25, 0.3) is 22.3 Å². The van der Waals surface area contributed by atoms with Gasteiger partial charge in [0, 0.05) is 31.5 Å². The maximum Gasteiger partial charge on any atom is 0.395 e. The fourth-order valence-corrected chi connectivity index (χ4v) is 4.53. The third-order valence-corrected chi connectivity index (χ3v) is 6.79. The number of carbonyl (C=O) groups is 1. The van der Waals surface area contributed by atoms with E-state index >= 15 is 0 Å². The summed E-state index contributed by atoms with van der Waals surface area (Å²) in [5, 5.41) is 13.1. The van der Waals surface area contributed by atoms with E-state index in [4.69, 9.17) is 0 Å². The molecule has 0 aliphatic heterocycles. The minimum atomic E-state index is -4.36. The van der Waals surface area contributed by atoms with Gasteiger partial charge in [-0.25, -0.2) is 0 Å². The Bertz CT molecular complexity index is 1170. The standard InChI is InChI=1S/C22H24F3N5O/c1-29-15-9-4-3-8-14(15)18(27-29)19-17(13-6-5-7-13)20(30(2)28-19)26-16(31)12-21(10-11-21)22(23,24)25/h3-4,8-9,13H,5-7,10-12H2,1-2H3,(H,26,31). The molecule has 0 radical (unpaired) electrons. The first-order chi connectivity index (χ1) is 14.7. The van der Waals surface area contributed by atoms with Crippen LogP contribution in [0.15, 0.2) is 24.3 Å². The van der Waals surface area contributed by atoms with Crippen LogP contribution in [0.1, 0.15) is 50.0 Å². The zero-order valence-electron chi connectivity index (χ0n) is 17.5. The highest BCUT2D eigenvalue weighted by Crippen LogP contribution is 2.60. The average molecular weight is 431 g/mol. The number of aryl methyl sites for hydroxylation is 2. The number of hydrogen-bond acceptors (Lipinski definition) is 3. The third-order valence-electron chi connectivity index (χ3n) is 6.79. The van der Waals surface area contributed by atoms with Crippen molar-refractivity contribution in [3.8, 4) is 11.4 Å². The average Bonchev–Trinajstić information content (AvgIpc) is 3.31. The van der Waals surface area contributed by atoms with Crippen LogP contribution in [-0.2, 0) is 18.9 Å². The van der Waals surface area contributed by atoms with Crippen molar-refractivity contribution in [2.75, 3.05) is 5.32 Å². The van der Waals surface area contributed by atoms with Crippen LogP contribution in [-0.4, -0.2) is 31.6 Å². The lowest BCUT2D eigenvalue weighted by Crippen LogP contribution is -2.30. The topological polar surface area (TPSA) is 64.7 Å². The lowest BCUT2D eigenvalue weighted by molar-refractivity contribution is -0.189. The molecule has 2 aliphatic rings. The second-order valence-corrected chi connectivity index (χ2v) is 8.85. The second-order valence-electron chi connectivity index (χ2n) is 8.85. The van der Waals surface area contributed by atoms with Crippen LogP contribution in [0.2, 0.25) is 0 Å². The molecule has 1 amide bonds. The maximum atomic E-state index is 13.3. The van der Waals surface area contributed by atoms with E-state index in [1.54, 1.807) is 16.4 Å². The van der Waals surface area contributed by atoms with Crippen molar-refractivity contribution < 1.29 is 18.0 Å². The molecule has 0 unspecified atom stereocenters. The normalized spacial score (nSPS) is 18.2. The summed E-state index contributed by atoms with van der Waals surface area (Å²) in [4.78, 5) is 12.6. The molecule has 0 saturated heterocycles. The van der Waals surface area contributed by atoms with E-state index in [0.717, 1.165) is 41.4 Å². The molecule has 1 aromatic carbocycles. The zero-order chi connectivity index (χ0) is 22.0. The van der Waals surface area contributed by atoms with Crippen molar-refractivity contribution in [2.45, 2.75) is 50.6 Å². The maximum absolute atomic E-state index is 13.3. The summed E-state index contributed by atoms with van der Waals surface area (Å²) in [6.07, 6.45) is -1.89. The molecule has 2 saturated carbocycles. The SMILES string of the molecule is Cn1nc(-c2nn(C)c3ccccc23)c(C2CCC2)c1NC(=O)CC1(C(F)(F)F)CC1. The van der Waals surface area contributed by atoms with Gasteiger partial charge >= 0.3 is 6.18 Å². The number of alkyl halides is 3. The van der Waals surface area contributed by atoms with Gasteiger partial charge in [-0.3, -0.25) is 14.2 Å². The Morgan fingerprint density at radius 2 is 1.81 bits per heavy atom. The van der Waals surface area contributed by atoms with Crippen LogP contribution in [0.4, 0.5) is 19.0 Å². The van der Waals surface area contributed by atoms with Gasteiger partial charge in [0.25, 0.3) is 0 Å². The summed E-state index contributed by atoms with van der Waals surface area (Å²) < 4.78 is 43.3. The van der Waals surface area contributed by atoms with Crippen LogP contribution in [0, 0.1) is 5.41 Å². The molecule has 3 aromatic rings. The Kier molecular flexibility index (Phi) is 4.43. The van der Waals surface area contributed by atoms with E-state index in [0.29, 0.717) is 11.5 Å². The molecule has 164 valence electrons. The molecule has 2 heterocycles. The van der Waals surface area contributed by atoms with E-state index in [2.05, 4.69) is 15.5 Å². The largest absolute Gasteiger partial charge is 0.395 e. The highest BCUT2D eigenvalue weighted by Gasteiger charge is 2.63. The summed E-state index contributed by atoms with van der Waals surface area (Å²) in [6, 6.07) is 7.84. The van der Waals surface area contributed by atoms with Gasteiger partial charge in [0.15, 0.2) is 0 Å². The molecule has 0 atom stereocenters. The number of anilines is 1. The Morgan fingerprint density at radius 1 is 1.13 bits per heavy atom. The molecule has 2 aromatic heterocycles. The molecular weight excluding hydrogens is 407 g/mol. The molecule has 31 heavy (non-hydrogen) atoms. The Hall–Kier alpha value is -2.84. The highest BCUT2D eigenvalue weighted by molar-refractivity contribution is 5.96. The number of amides is 1. The summed E-state index contributed by atoms with van der Waals surface area (Å²) in [5.74, 6) is 0.0745. The van der Waals surface area contributed by atoms with Crippen molar-refractivity contribution in [3.05, 3.63) is 29.8 Å².